The SMILES string of the molecule is CCC=CC(CCC)CCCC. The van der Waals surface area contributed by atoms with Crippen molar-refractivity contribution in [2.45, 2.75) is 59.3 Å². The lowest BCUT2D eigenvalue weighted by Gasteiger charge is -2.09. The summed E-state index contributed by atoms with van der Waals surface area (Å²) in [5.74, 6) is 0.856. The van der Waals surface area contributed by atoms with Crippen LogP contribution >= 0.6 is 0 Å². The van der Waals surface area contributed by atoms with Crippen molar-refractivity contribution in [1.29, 1.82) is 0 Å². The van der Waals surface area contributed by atoms with E-state index in [0.717, 1.165) is 5.92 Å². The molecule has 0 aliphatic carbocycles. The van der Waals surface area contributed by atoms with Crippen molar-refractivity contribution in [3.05, 3.63) is 12.2 Å². The lowest BCUT2D eigenvalue weighted by Crippen LogP contribution is -1.95. The van der Waals surface area contributed by atoms with Gasteiger partial charge in [-0.1, -0.05) is 52.2 Å². The minimum absolute atomic E-state index is 0.856. The molecule has 0 nitrogen and oxygen atoms in total. The van der Waals surface area contributed by atoms with Gasteiger partial charge in [0.15, 0.2) is 0 Å². The first-order valence-electron chi connectivity index (χ1n) is 5.51. The van der Waals surface area contributed by atoms with Crippen LogP contribution in [0.5, 0.6) is 0 Å². The summed E-state index contributed by atoms with van der Waals surface area (Å²) >= 11 is 0. The molecule has 0 aromatic heterocycles. The molecule has 0 rings (SSSR count). The number of hydrogen-bond donors (Lipinski definition) is 0. The van der Waals surface area contributed by atoms with E-state index in [4.69, 9.17) is 0 Å². The van der Waals surface area contributed by atoms with Gasteiger partial charge in [0.25, 0.3) is 0 Å². The summed E-state index contributed by atoms with van der Waals surface area (Å²) in [6, 6.07) is 0. The van der Waals surface area contributed by atoms with Gasteiger partial charge in [0.1, 0.15) is 0 Å². The van der Waals surface area contributed by atoms with Crippen LogP contribution in [0.25, 0.3) is 0 Å². The molecule has 0 spiro atoms. The Bertz CT molecular complexity index is 103. The van der Waals surface area contributed by atoms with Crippen LogP contribution in [-0.2, 0) is 0 Å². The van der Waals surface area contributed by atoms with Crippen molar-refractivity contribution in [2.75, 3.05) is 0 Å². The van der Waals surface area contributed by atoms with E-state index >= 15 is 0 Å². The van der Waals surface area contributed by atoms with Crippen molar-refractivity contribution in [1.82, 2.24) is 0 Å². The van der Waals surface area contributed by atoms with Crippen LogP contribution in [0.4, 0.5) is 0 Å². The molecular formula is C12H24. The standard InChI is InChI=1S/C12H24/c1-4-7-10-12(9-6-3)11-8-5-2/h7,10,12H,4-6,8-9,11H2,1-3H3. The van der Waals surface area contributed by atoms with Gasteiger partial charge in [-0.15, -0.1) is 0 Å². The predicted molar refractivity (Wildman–Crippen MR) is 57.4 cm³/mol. The Balaban J connectivity index is 3.61. The maximum Gasteiger partial charge on any atom is -0.0234 e. The predicted octanol–water partition coefficient (Wildman–Crippen LogP) is 4.56. The Labute approximate surface area is 78.1 Å². The molecule has 0 N–H and O–H groups in total. The van der Waals surface area contributed by atoms with Crippen LogP contribution in [0.2, 0.25) is 0 Å². The summed E-state index contributed by atoms with van der Waals surface area (Å²) < 4.78 is 0. The van der Waals surface area contributed by atoms with Crippen molar-refractivity contribution in [3.8, 4) is 0 Å². The lowest BCUT2D eigenvalue weighted by molar-refractivity contribution is 0.511. The highest BCUT2D eigenvalue weighted by Crippen LogP contribution is 2.16. The van der Waals surface area contributed by atoms with E-state index in [-0.39, 0.29) is 0 Å². The summed E-state index contributed by atoms with van der Waals surface area (Å²) in [6.45, 7) is 6.75. The molecule has 1 unspecified atom stereocenters. The molecule has 0 aromatic carbocycles. The Morgan fingerprint density at radius 1 is 1.00 bits per heavy atom. The largest absolute Gasteiger partial charge is 0.0885 e. The zero-order valence-corrected chi connectivity index (χ0v) is 8.97. The van der Waals surface area contributed by atoms with Crippen molar-refractivity contribution >= 4 is 0 Å². The quantitative estimate of drug-likeness (QED) is 0.489. The molecule has 0 fully saturated rings. The first-order chi connectivity index (χ1) is 5.85. The van der Waals surface area contributed by atoms with Crippen LogP contribution in [-0.4, -0.2) is 0 Å². The van der Waals surface area contributed by atoms with E-state index in [0.29, 0.717) is 0 Å². The van der Waals surface area contributed by atoms with Gasteiger partial charge >= 0.3 is 0 Å². The normalized spacial score (nSPS) is 13.9. The second-order valence-corrected chi connectivity index (χ2v) is 3.53. The number of allylic oxidation sites excluding steroid dienone is 2. The third-order valence-electron chi connectivity index (χ3n) is 2.23. The van der Waals surface area contributed by atoms with Crippen LogP contribution in [0.15, 0.2) is 12.2 Å². The maximum absolute atomic E-state index is 2.42. The molecule has 1 atom stereocenters. The lowest BCUT2D eigenvalue weighted by atomic mass is 9.96. The van der Waals surface area contributed by atoms with Crippen LogP contribution in [0.3, 0.4) is 0 Å². The molecule has 0 heteroatoms. The third-order valence-corrected chi connectivity index (χ3v) is 2.23. The average Bonchev–Trinajstić information content (AvgIpc) is 2.10. The molecule has 0 bridgehead atoms. The molecule has 0 saturated heterocycles. The van der Waals surface area contributed by atoms with Gasteiger partial charge in [-0.2, -0.15) is 0 Å². The van der Waals surface area contributed by atoms with E-state index in [9.17, 15) is 0 Å². The monoisotopic (exact) mass is 168 g/mol. The smallest absolute Gasteiger partial charge is 0.0234 e. The van der Waals surface area contributed by atoms with Gasteiger partial charge in [0.2, 0.25) is 0 Å². The summed E-state index contributed by atoms with van der Waals surface area (Å²) in [5, 5.41) is 0. The zero-order chi connectivity index (χ0) is 9.23. The fourth-order valence-electron chi connectivity index (χ4n) is 1.50. The number of unbranched alkanes of at least 4 members (excludes halogenated alkanes) is 1. The summed E-state index contributed by atoms with van der Waals surface area (Å²) in [5.41, 5.74) is 0. The molecule has 12 heavy (non-hydrogen) atoms. The van der Waals surface area contributed by atoms with E-state index in [1.165, 1.54) is 38.5 Å². The van der Waals surface area contributed by atoms with E-state index in [2.05, 4.69) is 32.9 Å². The first-order valence-corrected chi connectivity index (χ1v) is 5.51. The van der Waals surface area contributed by atoms with Gasteiger partial charge < -0.3 is 0 Å². The Hall–Kier alpha value is -0.260. The average molecular weight is 168 g/mol. The summed E-state index contributed by atoms with van der Waals surface area (Å²) in [4.78, 5) is 0. The number of rotatable bonds is 7. The highest BCUT2D eigenvalue weighted by molar-refractivity contribution is 4.87. The Morgan fingerprint density at radius 3 is 2.25 bits per heavy atom. The molecule has 0 aromatic rings. The first kappa shape index (κ1) is 11.7. The topological polar surface area (TPSA) is 0 Å². The second-order valence-electron chi connectivity index (χ2n) is 3.53. The van der Waals surface area contributed by atoms with Crippen LogP contribution in [0.1, 0.15) is 59.3 Å². The van der Waals surface area contributed by atoms with E-state index in [1.807, 2.05) is 0 Å². The van der Waals surface area contributed by atoms with Gasteiger partial charge in [-0.25, -0.2) is 0 Å². The molecule has 0 heterocycles. The number of hydrogen-bond acceptors (Lipinski definition) is 0. The second kappa shape index (κ2) is 8.83. The maximum atomic E-state index is 2.42. The Kier molecular flexibility index (Phi) is 8.64. The summed E-state index contributed by atoms with van der Waals surface area (Å²) in [7, 11) is 0. The molecule has 0 aliphatic rings. The third kappa shape index (κ3) is 6.45. The van der Waals surface area contributed by atoms with Gasteiger partial charge in [-0.3, -0.25) is 0 Å². The van der Waals surface area contributed by atoms with Crippen molar-refractivity contribution in [3.63, 3.8) is 0 Å². The fourth-order valence-corrected chi connectivity index (χ4v) is 1.50. The van der Waals surface area contributed by atoms with Crippen LogP contribution in [0, 0.1) is 5.92 Å². The molecular weight excluding hydrogens is 144 g/mol. The molecule has 72 valence electrons. The fraction of sp³-hybridized carbons (Fsp3) is 0.833. The Morgan fingerprint density at radius 2 is 1.75 bits per heavy atom. The van der Waals surface area contributed by atoms with E-state index in [1.54, 1.807) is 0 Å². The highest BCUT2D eigenvalue weighted by Gasteiger charge is 2.01. The van der Waals surface area contributed by atoms with Crippen molar-refractivity contribution in [2.24, 2.45) is 5.92 Å². The van der Waals surface area contributed by atoms with Crippen LogP contribution < -0.4 is 0 Å². The van der Waals surface area contributed by atoms with Gasteiger partial charge in [0.05, 0.1) is 0 Å². The van der Waals surface area contributed by atoms with E-state index < -0.39 is 0 Å². The molecule has 0 amide bonds. The highest BCUT2D eigenvalue weighted by atomic mass is 14.1. The zero-order valence-electron chi connectivity index (χ0n) is 8.97. The van der Waals surface area contributed by atoms with Gasteiger partial charge in [-0.05, 0) is 25.2 Å². The van der Waals surface area contributed by atoms with Crippen molar-refractivity contribution < 1.29 is 0 Å². The minimum atomic E-state index is 0.856. The molecule has 0 saturated carbocycles. The molecule has 0 radical (unpaired) electrons. The van der Waals surface area contributed by atoms with Gasteiger partial charge in [0, 0.05) is 0 Å². The summed E-state index contributed by atoms with van der Waals surface area (Å²) in [6.07, 6.45) is 12.7. The molecule has 0 aliphatic heterocycles. The minimum Gasteiger partial charge on any atom is -0.0885 e.